The van der Waals surface area contributed by atoms with Crippen molar-refractivity contribution in [1.29, 1.82) is 0 Å². The van der Waals surface area contributed by atoms with Gasteiger partial charge >= 0.3 is 0 Å². The minimum Gasteiger partial charge on any atom is -0.506 e. The molecule has 0 fully saturated rings. The molecule has 0 aliphatic heterocycles. The Morgan fingerprint density at radius 1 is 0.688 bits per heavy atom. The molecule has 16 heavy (non-hydrogen) atoms. The molecule has 0 amide bonds. The number of benzene rings is 2. The van der Waals surface area contributed by atoms with Crippen LogP contribution in [0.2, 0.25) is 15.1 Å². The van der Waals surface area contributed by atoms with E-state index in [9.17, 15) is 5.11 Å². The zero-order valence-electron chi connectivity index (χ0n) is 8.05. The number of phenols is 1. The molecule has 0 saturated heterocycles. The lowest BCUT2D eigenvalue weighted by atomic mass is 10.1. The summed E-state index contributed by atoms with van der Waals surface area (Å²) in [6, 6.07) is 10.3. The highest BCUT2D eigenvalue weighted by Gasteiger charge is 2.04. The number of hydrogen-bond donors (Lipinski definition) is 1. The van der Waals surface area contributed by atoms with Crippen LogP contribution in [0.25, 0.3) is 11.1 Å². The highest BCUT2D eigenvalue weighted by atomic mass is 35.5. The normalized spacial score (nSPS) is 10.4. The van der Waals surface area contributed by atoms with Crippen LogP contribution in [0.5, 0.6) is 5.75 Å². The molecule has 1 N–H and O–H groups in total. The van der Waals surface area contributed by atoms with E-state index in [4.69, 9.17) is 34.8 Å². The number of halogens is 3. The zero-order chi connectivity index (χ0) is 11.7. The molecule has 2 aromatic carbocycles. The molecule has 82 valence electrons. The van der Waals surface area contributed by atoms with Crippen molar-refractivity contribution in [3.05, 3.63) is 51.5 Å². The number of hydrogen-bond acceptors (Lipinski definition) is 1. The second kappa shape index (κ2) is 4.54. The van der Waals surface area contributed by atoms with E-state index in [0.717, 1.165) is 11.1 Å². The van der Waals surface area contributed by atoms with E-state index in [1.165, 1.54) is 0 Å². The van der Waals surface area contributed by atoms with Gasteiger partial charge in [-0.15, -0.1) is 0 Å². The van der Waals surface area contributed by atoms with E-state index in [0.29, 0.717) is 15.1 Å². The van der Waals surface area contributed by atoms with Gasteiger partial charge in [0.2, 0.25) is 0 Å². The fourth-order valence-electron chi connectivity index (χ4n) is 1.36. The highest BCUT2D eigenvalue weighted by Crippen LogP contribution is 2.32. The lowest BCUT2D eigenvalue weighted by Gasteiger charge is -2.05. The molecular weight excluding hydrogens is 266 g/mol. The first kappa shape index (κ1) is 11.6. The van der Waals surface area contributed by atoms with Gasteiger partial charge in [-0.3, -0.25) is 0 Å². The first-order valence-electron chi connectivity index (χ1n) is 4.52. The van der Waals surface area contributed by atoms with Crippen LogP contribution in [0.15, 0.2) is 36.4 Å². The molecule has 0 atom stereocenters. The molecule has 0 bridgehead atoms. The predicted octanol–water partition coefficient (Wildman–Crippen LogP) is 5.02. The molecule has 0 heterocycles. The van der Waals surface area contributed by atoms with Crippen molar-refractivity contribution in [2.75, 3.05) is 0 Å². The molecule has 0 saturated carbocycles. The van der Waals surface area contributed by atoms with Gasteiger partial charge in [-0.1, -0.05) is 46.9 Å². The standard InChI is InChI=1S/C12H7Cl3O/c13-9-3-1-7(5-10(9)14)8-2-4-12(16)11(15)6-8/h1-6,16H. The molecule has 4 heteroatoms. The maximum Gasteiger partial charge on any atom is 0.134 e. The Bertz CT molecular complexity index is 488. The zero-order valence-corrected chi connectivity index (χ0v) is 10.3. The van der Waals surface area contributed by atoms with Crippen molar-refractivity contribution < 1.29 is 5.11 Å². The second-order valence-corrected chi connectivity index (χ2v) is 4.52. The van der Waals surface area contributed by atoms with E-state index in [2.05, 4.69) is 0 Å². The molecule has 0 aromatic heterocycles. The van der Waals surface area contributed by atoms with Gasteiger partial charge in [0, 0.05) is 0 Å². The van der Waals surface area contributed by atoms with E-state index in [1.54, 1.807) is 30.3 Å². The smallest absolute Gasteiger partial charge is 0.134 e. The number of phenolic OH excluding ortho intramolecular Hbond substituents is 1. The minimum absolute atomic E-state index is 0.0606. The first-order valence-corrected chi connectivity index (χ1v) is 5.65. The molecule has 1 nitrogen and oxygen atoms in total. The van der Waals surface area contributed by atoms with Crippen LogP contribution >= 0.6 is 34.8 Å². The van der Waals surface area contributed by atoms with Crippen molar-refractivity contribution in [2.24, 2.45) is 0 Å². The highest BCUT2D eigenvalue weighted by molar-refractivity contribution is 6.42. The Morgan fingerprint density at radius 2 is 1.25 bits per heavy atom. The van der Waals surface area contributed by atoms with Crippen molar-refractivity contribution in [1.82, 2.24) is 0 Å². The Hall–Kier alpha value is -0.890. The summed E-state index contributed by atoms with van der Waals surface area (Å²) in [5.41, 5.74) is 1.78. The monoisotopic (exact) mass is 272 g/mol. The van der Waals surface area contributed by atoms with Crippen LogP contribution in [-0.4, -0.2) is 5.11 Å². The summed E-state index contributed by atoms with van der Waals surface area (Å²) in [5, 5.41) is 10.6. The van der Waals surface area contributed by atoms with Crippen molar-refractivity contribution in [3.63, 3.8) is 0 Å². The largest absolute Gasteiger partial charge is 0.506 e. The maximum absolute atomic E-state index is 9.31. The van der Waals surface area contributed by atoms with Gasteiger partial charge in [0.15, 0.2) is 0 Å². The van der Waals surface area contributed by atoms with Crippen molar-refractivity contribution in [3.8, 4) is 16.9 Å². The summed E-state index contributed by atoms with van der Waals surface area (Å²) in [6.45, 7) is 0. The van der Waals surface area contributed by atoms with Crippen LogP contribution in [0.4, 0.5) is 0 Å². The average Bonchev–Trinajstić information content (AvgIpc) is 2.26. The molecule has 0 aliphatic carbocycles. The summed E-state index contributed by atoms with van der Waals surface area (Å²) < 4.78 is 0. The Balaban J connectivity index is 2.50. The van der Waals surface area contributed by atoms with Crippen LogP contribution < -0.4 is 0 Å². The molecule has 0 unspecified atom stereocenters. The topological polar surface area (TPSA) is 20.2 Å². The van der Waals surface area contributed by atoms with Gasteiger partial charge in [0.05, 0.1) is 15.1 Å². The van der Waals surface area contributed by atoms with Gasteiger partial charge in [-0.2, -0.15) is 0 Å². The summed E-state index contributed by atoms with van der Waals surface area (Å²) in [7, 11) is 0. The predicted molar refractivity (Wildman–Crippen MR) is 68.6 cm³/mol. The summed E-state index contributed by atoms with van der Waals surface area (Å²) in [5.74, 6) is 0.0606. The van der Waals surface area contributed by atoms with E-state index in [1.807, 2.05) is 6.07 Å². The second-order valence-electron chi connectivity index (χ2n) is 3.30. The van der Waals surface area contributed by atoms with E-state index >= 15 is 0 Å². The van der Waals surface area contributed by atoms with Gasteiger partial charge in [-0.25, -0.2) is 0 Å². The molecular formula is C12H7Cl3O. The summed E-state index contributed by atoms with van der Waals surface area (Å²) in [4.78, 5) is 0. The van der Waals surface area contributed by atoms with Gasteiger partial charge in [0.25, 0.3) is 0 Å². The maximum atomic E-state index is 9.31. The van der Waals surface area contributed by atoms with Crippen LogP contribution in [0.3, 0.4) is 0 Å². The molecule has 0 spiro atoms. The fourth-order valence-corrected chi connectivity index (χ4v) is 1.84. The minimum atomic E-state index is 0.0606. The Morgan fingerprint density at radius 3 is 1.81 bits per heavy atom. The van der Waals surface area contributed by atoms with Crippen LogP contribution in [0.1, 0.15) is 0 Å². The first-order chi connectivity index (χ1) is 7.58. The number of aromatic hydroxyl groups is 1. The van der Waals surface area contributed by atoms with Crippen LogP contribution in [0, 0.1) is 0 Å². The summed E-state index contributed by atoms with van der Waals surface area (Å²) in [6.07, 6.45) is 0. The van der Waals surface area contributed by atoms with Crippen molar-refractivity contribution >= 4 is 34.8 Å². The number of rotatable bonds is 1. The average molecular weight is 274 g/mol. The van der Waals surface area contributed by atoms with Crippen LogP contribution in [-0.2, 0) is 0 Å². The molecule has 0 aliphatic rings. The molecule has 2 rings (SSSR count). The molecule has 2 aromatic rings. The lowest BCUT2D eigenvalue weighted by Crippen LogP contribution is -1.79. The Kier molecular flexibility index (Phi) is 3.29. The summed E-state index contributed by atoms with van der Waals surface area (Å²) >= 11 is 17.6. The third kappa shape index (κ3) is 2.27. The van der Waals surface area contributed by atoms with Crippen molar-refractivity contribution in [2.45, 2.75) is 0 Å². The molecule has 0 radical (unpaired) electrons. The Labute approximate surface area is 108 Å². The van der Waals surface area contributed by atoms with E-state index < -0.39 is 0 Å². The van der Waals surface area contributed by atoms with Gasteiger partial charge in [-0.05, 0) is 35.4 Å². The fraction of sp³-hybridized carbons (Fsp3) is 0. The lowest BCUT2D eigenvalue weighted by molar-refractivity contribution is 0.475. The third-order valence-electron chi connectivity index (χ3n) is 2.20. The van der Waals surface area contributed by atoms with Gasteiger partial charge in [0.1, 0.15) is 5.75 Å². The van der Waals surface area contributed by atoms with Gasteiger partial charge < -0.3 is 5.11 Å². The SMILES string of the molecule is Oc1ccc(-c2ccc(Cl)c(Cl)c2)cc1Cl. The quantitative estimate of drug-likeness (QED) is 0.773. The van der Waals surface area contributed by atoms with E-state index in [-0.39, 0.29) is 5.75 Å². The third-order valence-corrected chi connectivity index (χ3v) is 3.24.